The smallest absolute Gasteiger partial charge is 0.254 e. The largest absolute Gasteiger partial charge is 0.395 e. The molecule has 0 atom stereocenters. The molecule has 1 N–H and O–H groups in total. The van der Waals surface area contributed by atoms with E-state index < -0.39 is 0 Å². The van der Waals surface area contributed by atoms with Crippen LogP contribution in [0.15, 0.2) is 24.8 Å². The zero-order valence-corrected chi connectivity index (χ0v) is 12.9. The summed E-state index contributed by atoms with van der Waals surface area (Å²) in [7, 11) is 0. The first-order valence-corrected chi connectivity index (χ1v) is 6.86. The summed E-state index contributed by atoms with van der Waals surface area (Å²) in [5.74, 6) is -0.186. The van der Waals surface area contributed by atoms with E-state index >= 15 is 0 Å². The quantitative estimate of drug-likeness (QED) is 0.671. The third kappa shape index (κ3) is 4.32. The lowest BCUT2D eigenvalue weighted by molar-refractivity contribution is 0.0742. The van der Waals surface area contributed by atoms with Gasteiger partial charge in [0.2, 0.25) is 0 Å². The maximum atomic E-state index is 12.4. The number of hydrogen-bond donors (Lipinski definition) is 1. The molecule has 0 aliphatic carbocycles. The Morgan fingerprint density at radius 1 is 1.50 bits per heavy atom. The second kappa shape index (κ2) is 6.86. The molecule has 0 radical (unpaired) electrons. The molecule has 0 unspecified atom stereocenters. The molecule has 1 amide bonds. The number of carbonyl (C=O) groups is 1. The molecule has 20 heavy (non-hydrogen) atoms. The van der Waals surface area contributed by atoms with E-state index in [-0.39, 0.29) is 24.5 Å². The van der Waals surface area contributed by atoms with Crippen LogP contribution in [0.25, 0.3) is 0 Å². The molecule has 0 saturated carbocycles. The monoisotopic (exact) mass is 296 g/mol. The lowest BCUT2D eigenvalue weighted by Gasteiger charge is -2.22. The molecule has 0 saturated heterocycles. The first-order valence-electron chi connectivity index (χ1n) is 6.48. The van der Waals surface area contributed by atoms with Crippen molar-refractivity contribution in [2.24, 2.45) is 0 Å². The van der Waals surface area contributed by atoms with Gasteiger partial charge in [0, 0.05) is 29.8 Å². The van der Waals surface area contributed by atoms with Crippen LogP contribution in [-0.2, 0) is 5.41 Å². The van der Waals surface area contributed by atoms with Crippen LogP contribution in [0.3, 0.4) is 0 Å². The topological polar surface area (TPSA) is 53.4 Å². The van der Waals surface area contributed by atoms with Crippen molar-refractivity contribution in [1.82, 2.24) is 9.88 Å². The molecule has 0 bridgehead atoms. The summed E-state index contributed by atoms with van der Waals surface area (Å²) in [4.78, 5) is 18.2. The lowest BCUT2D eigenvalue weighted by atomic mass is 9.91. The van der Waals surface area contributed by atoms with Gasteiger partial charge in [0.05, 0.1) is 6.61 Å². The average Bonchev–Trinajstić information content (AvgIpc) is 2.36. The number of nitrogens with zero attached hydrogens (tertiary/aromatic N) is 2. The van der Waals surface area contributed by atoms with Gasteiger partial charge in [-0.1, -0.05) is 38.4 Å². The molecule has 4 nitrogen and oxygen atoms in total. The lowest BCUT2D eigenvalue weighted by Crippen LogP contribution is -2.34. The summed E-state index contributed by atoms with van der Waals surface area (Å²) in [6, 6.07) is 3.30. The number of amides is 1. The van der Waals surface area contributed by atoms with Crippen molar-refractivity contribution in [1.29, 1.82) is 0 Å². The molecule has 110 valence electrons. The molecule has 1 aromatic rings. The zero-order chi connectivity index (χ0) is 15.3. The molecule has 0 spiro atoms. The van der Waals surface area contributed by atoms with E-state index in [1.165, 1.54) is 4.90 Å². The van der Waals surface area contributed by atoms with Crippen LogP contribution in [0.4, 0.5) is 0 Å². The van der Waals surface area contributed by atoms with Crippen LogP contribution in [0.1, 0.15) is 36.8 Å². The van der Waals surface area contributed by atoms with Crippen LogP contribution < -0.4 is 0 Å². The highest BCUT2D eigenvalue weighted by Gasteiger charge is 2.21. The van der Waals surface area contributed by atoms with E-state index in [1.807, 2.05) is 20.8 Å². The van der Waals surface area contributed by atoms with Crippen molar-refractivity contribution in [3.05, 3.63) is 41.2 Å². The molecule has 1 heterocycles. The minimum Gasteiger partial charge on any atom is -0.395 e. The Kier molecular flexibility index (Phi) is 5.72. The maximum Gasteiger partial charge on any atom is 0.254 e. The summed E-state index contributed by atoms with van der Waals surface area (Å²) < 4.78 is 0. The highest BCUT2D eigenvalue weighted by atomic mass is 35.5. The Morgan fingerprint density at radius 3 is 2.65 bits per heavy atom. The van der Waals surface area contributed by atoms with Gasteiger partial charge in [-0.05, 0) is 12.1 Å². The minimum atomic E-state index is -0.194. The fraction of sp³-hybridized carbons (Fsp3) is 0.467. The third-order valence-electron chi connectivity index (χ3n) is 2.82. The number of pyridine rings is 1. The van der Waals surface area contributed by atoms with Crippen molar-refractivity contribution >= 4 is 17.5 Å². The minimum absolute atomic E-state index is 0.0927. The number of hydrogen-bond acceptors (Lipinski definition) is 3. The van der Waals surface area contributed by atoms with E-state index in [4.69, 9.17) is 16.7 Å². The van der Waals surface area contributed by atoms with E-state index in [9.17, 15) is 4.79 Å². The molecule has 0 aliphatic rings. The van der Waals surface area contributed by atoms with Gasteiger partial charge in [-0.25, -0.2) is 4.98 Å². The van der Waals surface area contributed by atoms with Gasteiger partial charge < -0.3 is 10.0 Å². The number of aromatic nitrogens is 1. The average molecular weight is 297 g/mol. The SMILES string of the molecule is C=CCN(CCO)C(=O)c1cc(Cl)nc(C(C)(C)C)c1. The van der Waals surface area contributed by atoms with Crippen molar-refractivity contribution in [3.63, 3.8) is 0 Å². The van der Waals surface area contributed by atoms with Gasteiger partial charge in [-0.3, -0.25) is 4.79 Å². The summed E-state index contributed by atoms with van der Waals surface area (Å²) in [5.41, 5.74) is 1.04. The molecular weight excluding hydrogens is 276 g/mol. The van der Waals surface area contributed by atoms with E-state index in [0.29, 0.717) is 17.3 Å². The Morgan fingerprint density at radius 2 is 2.15 bits per heavy atom. The van der Waals surface area contributed by atoms with Gasteiger partial charge in [0.25, 0.3) is 5.91 Å². The zero-order valence-electron chi connectivity index (χ0n) is 12.2. The van der Waals surface area contributed by atoms with Crippen LogP contribution in [0.5, 0.6) is 0 Å². The van der Waals surface area contributed by atoms with Crippen LogP contribution in [-0.4, -0.2) is 40.6 Å². The first-order chi connectivity index (χ1) is 9.29. The van der Waals surface area contributed by atoms with E-state index in [1.54, 1.807) is 18.2 Å². The van der Waals surface area contributed by atoms with Gasteiger partial charge in [-0.2, -0.15) is 0 Å². The van der Waals surface area contributed by atoms with Crippen molar-refractivity contribution in [2.75, 3.05) is 19.7 Å². The second-order valence-electron chi connectivity index (χ2n) is 5.58. The number of aliphatic hydroxyl groups is 1. The van der Waals surface area contributed by atoms with Crippen molar-refractivity contribution in [2.45, 2.75) is 26.2 Å². The standard InChI is InChI=1S/C15H21ClN2O2/c1-5-6-18(7-8-19)14(20)11-9-12(15(2,3)4)17-13(16)10-11/h5,9-10,19H,1,6-8H2,2-4H3. The summed E-state index contributed by atoms with van der Waals surface area (Å²) >= 11 is 6.01. The Bertz CT molecular complexity index is 495. The Balaban J connectivity index is 3.14. The van der Waals surface area contributed by atoms with Gasteiger partial charge in [-0.15, -0.1) is 6.58 Å². The third-order valence-corrected chi connectivity index (χ3v) is 3.01. The van der Waals surface area contributed by atoms with E-state index in [2.05, 4.69) is 11.6 Å². The number of rotatable bonds is 5. The van der Waals surface area contributed by atoms with Gasteiger partial charge >= 0.3 is 0 Å². The highest BCUT2D eigenvalue weighted by Crippen LogP contribution is 2.24. The Hall–Kier alpha value is -1.39. The first kappa shape index (κ1) is 16.7. The fourth-order valence-corrected chi connectivity index (χ4v) is 1.95. The van der Waals surface area contributed by atoms with Crippen molar-refractivity contribution < 1.29 is 9.90 Å². The molecule has 1 rings (SSSR count). The van der Waals surface area contributed by atoms with Crippen LogP contribution >= 0.6 is 11.6 Å². The predicted molar refractivity (Wildman–Crippen MR) is 81.1 cm³/mol. The molecule has 0 aromatic carbocycles. The van der Waals surface area contributed by atoms with E-state index in [0.717, 1.165) is 5.69 Å². The van der Waals surface area contributed by atoms with Crippen LogP contribution in [0, 0.1) is 0 Å². The summed E-state index contributed by atoms with van der Waals surface area (Å²) in [6.07, 6.45) is 1.63. The molecule has 1 aromatic heterocycles. The highest BCUT2D eigenvalue weighted by molar-refractivity contribution is 6.29. The summed E-state index contributed by atoms with van der Waals surface area (Å²) in [5, 5.41) is 9.33. The summed E-state index contributed by atoms with van der Waals surface area (Å²) in [6.45, 7) is 10.2. The van der Waals surface area contributed by atoms with Gasteiger partial charge in [0.1, 0.15) is 5.15 Å². The second-order valence-corrected chi connectivity index (χ2v) is 5.96. The molecular formula is C15H21ClN2O2. The fourth-order valence-electron chi connectivity index (χ4n) is 1.74. The normalized spacial score (nSPS) is 11.2. The number of aliphatic hydroxyl groups excluding tert-OH is 1. The van der Waals surface area contributed by atoms with Crippen molar-refractivity contribution in [3.8, 4) is 0 Å². The molecule has 5 heteroatoms. The number of halogens is 1. The Labute approximate surface area is 125 Å². The van der Waals surface area contributed by atoms with Crippen LogP contribution in [0.2, 0.25) is 5.15 Å². The number of carbonyl (C=O) groups excluding carboxylic acids is 1. The van der Waals surface area contributed by atoms with Gasteiger partial charge in [0.15, 0.2) is 0 Å². The molecule has 0 fully saturated rings. The maximum absolute atomic E-state index is 12.4. The molecule has 0 aliphatic heterocycles. The predicted octanol–water partition coefficient (Wildman–Crippen LogP) is 2.65.